The van der Waals surface area contributed by atoms with Crippen LogP contribution < -0.4 is 10.2 Å². The summed E-state index contributed by atoms with van der Waals surface area (Å²) in [6.45, 7) is 9.63. The van der Waals surface area contributed by atoms with Gasteiger partial charge in [-0.1, -0.05) is 0 Å². The van der Waals surface area contributed by atoms with E-state index in [0.717, 1.165) is 44.1 Å². The van der Waals surface area contributed by atoms with E-state index in [0.29, 0.717) is 5.95 Å². The van der Waals surface area contributed by atoms with E-state index in [9.17, 15) is 4.79 Å². The van der Waals surface area contributed by atoms with E-state index in [1.165, 1.54) is 0 Å². The normalized spacial score (nSPS) is 15.5. The molecule has 2 rings (SSSR count). The quantitative estimate of drug-likeness (QED) is 0.877. The topological polar surface area (TPSA) is 61.4 Å². The fraction of sp³-hybridized carbons (Fsp3) is 0.615. The molecule has 0 saturated carbocycles. The van der Waals surface area contributed by atoms with Gasteiger partial charge in [-0.15, -0.1) is 0 Å². The molecule has 2 heterocycles. The summed E-state index contributed by atoms with van der Waals surface area (Å²) in [5.74, 6) is 1.78. The van der Waals surface area contributed by atoms with Gasteiger partial charge in [0.15, 0.2) is 0 Å². The minimum atomic E-state index is 0.146. The van der Waals surface area contributed by atoms with Gasteiger partial charge in [0.1, 0.15) is 5.82 Å². The Labute approximate surface area is 113 Å². The zero-order chi connectivity index (χ0) is 13.8. The third kappa shape index (κ3) is 3.13. The third-order valence-electron chi connectivity index (χ3n) is 3.30. The number of hydrogen-bond acceptors (Lipinski definition) is 5. The number of carbonyl (C=O) groups is 1. The van der Waals surface area contributed by atoms with Crippen LogP contribution in [-0.4, -0.2) is 53.5 Å². The van der Waals surface area contributed by atoms with Crippen LogP contribution >= 0.6 is 0 Å². The average molecular weight is 263 g/mol. The maximum atomic E-state index is 11.3. The van der Waals surface area contributed by atoms with Gasteiger partial charge in [0.05, 0.1) is 0 Å². The lowest BCUT2D eigenvalue weighted by molar-refractivity contribution is -0.129. The first-order valence-electron chi connectivity index (χ1n) is 6.69. The van der Waals surface area contributed by atoms with E-state index in [4.69, 9.17) is 0 Å². The van der Waals surface area contributed by atoms with Gasteiger partial charge in [-0.05, 0) is 13.8 Å². The van der Waals surface area contributed by atoms with Crippen LogP contribution in [0.25, 0.3) is 0 Å². The predicted octanol–water partition coefficient (Wildman–Crippen LogP) is 0.885. The highest BCUT2D eigenvalue weighted by atomic mass is 16.2. The number of carbonyl (C=O) groups excluding carboxylic acids is 1. The van der Waals surface area contributed by atoms with Gasteiger partial charge in [0.25, 0.3) is 0 Å². The van der Waals surface area contributed by atoms with E-state index in [1.54, 1.807) is 6.92 Å². The third-order valence-corrected chi connectivity index (χ3v) is 3.30. The van der Waals surface area contributed by atoms with Gasteiger partial charge < -0.3 is 15.1 Å². The van der Waals surface area contributed by atoms with Crippen molar-refractivity contribution < 1.29 is 4.79 Å². The van der Waals surface area contributed by atoms with Crippen molar-refractivity contribution in [2.75, 3.05) is 42.9 Å². The number of aryl methyl sites for hydroxylation is 1. The van der Waals surface area contributed by atoms with Gasteiger partial charge in [-0.25, -0.2) is 4.98 Å². The van der Waals surface area contributed by atoms with Crippen LogP contribution in [0.2, 0.25) is 0 Å². The molecule has 1 aromatic heterocycles. The Hall–Kier alpha value is -1.85. The number of piperazine rings is 1. The molecule has 0 unspecified atom stereocenters. The second-order valence-corrected chi connectivity index (χ2v) is 4.72. The first-order valence-corrected chi connectivity index (χ1v) is 6.69. The number of rotatable bonds is 3. The van der Waals surface area contributed by atoms with E-state index in [-0.39, 0.29) is 5.91 Å². The van der Waals surface area contributed by atoms with Crippen molar-refractivity contribution in [2.24, 2.45) is 0 Å². The maximum absolute atomic E-state index is 11.3. The van der Waals surface area contributed by atoms with Gasteiger partial charge in [0.2, 0.25) is 11.9 Å². The number of aromatic nitrogens is 2. The van der Waals surface area contributed by atoms with E-state index in [1.807, 2.05) is 24.9 Å². The summed E-state index contributed by atoms with van der Waals surface area (Å²) in [5, 5.41) is 3.13. The second kappa shape index (κ2) is 5.86. The summed E-state index contributed by atoms with van der Waals surface area (Å²) in [5.41, 5.74) is 1.07. The van der Waals surface area contributed by atoms with Crippen molar-refractivity contribution in [3.63, 3.8) is 0 Å². The highest BCUT2D eigenvalue weighted by Gasteiger charge is 2.21. The number of nitrogens with one attached hydrogen (secondary N) is 1. The molecule has 0 aromatic carbocycles. The predicted molar refractivity (Wildman–Crippen MR) is 75.4 cm³/mol. The Morgan fingerprint density at radius 1 is 1.37 bits per heavy atom. The molecule has 0 spiro atoms. The zero-order valence-corrected chi connectivity index (χ0v) is 11.8. The molecule has 1 aliphatic heterocycles. The lowest BCUT2D eigenvalue weighted by Crippen LogP contribution is -2.48. The molecule has 6 nitrogen and oxygen atoms in total. The minimum Gasteiger partial charge on any atom is -0.354 e. The average Bonchev–Trinajstić information content (AvgIpc) is 2.41. The molecule has 104 valence electrons. The van der Waals surface area contributed by atoms with Gasteiger partial charge in [0, 0.05) is 51.4 Å². The van der Waals surface area contributed by atoms with Crippen molar-refractivity contribution in [3.8, 4) is 0 Å². The van der Waals surface area contributed by atoms with Gasteiger partial charge in [-0.2, -0.15) is 4.98 Å². The van der Waals surface area contributed by atoms with E-state index >= 15 is 0 Å². The van der Waals surface area contributed by atoms with Crippen LogP contribution in [0.15, 0.2) is 6.20 Å². The van der Waals surface area contributed by atoms with Gasteiger partial charge >= 0.3 is 0 Å². The number of hydrogen-bond donors (Lipinski definition) is 1. The smallest absolute Gasteiger partial charge is 0.224 e. The van der Waals surface area contributed by atoms with Crippen LogP contribution in [0, 0.1) is 6.92 Å². The minimum absolute atomic E-state index is 0.146. The monoisotopic (exact) mass is 263 g/mol. The highest BCUT2D eigenvalue weighted by molar-refractivity contribution is 5.73. The summed E-state index contributed by atoms with van der Waals surface area (Å²) >= 11 is 0. The second-order valence-electron chi connectivity index (χ2n) is 4.72. The molecule has 0 atom stereocenters. The van der Waals surface area contributed by atoms with Gasteiger partial charge in [-0.3, -0.25) is 4.79 Å². The molecular weight excluding hydrogens is 242 g/mol. The van der Waals surface area contributed by atoms with Crippen molar-refractivity contribution in [1.29, 1.82) is 0 Å². The number of amides is 1. The fourth-order valence-corrected chi connectivity index (χ4v) is 2.23. The van der Waals surface area contributed by atoms with Crippen LogP contribution in [0.1, 0.15) is 19.4 Å². The molecule has 1 amide bonds. The summed E-state index contributed by atoms with van der Waals surface area (Å²) < 4.78 is 0. The first-order chi connectivity index (χ1) is 9.11. The molecule has 1 aromatic rings. The largest absolute Gasteiger partial charge is 0.354 e. The number of nitrogens with zero attached hydrogens (tertiary/aromatic N) is 4. The van der Waals surface area contributed by atoms with Crippen LogP contribution in [0.4, 0.5) is 11.8 Å². The molecule has 0 radical (unpaired) electrons. The molecule has 19 heavy (non-hydrogen) atoms. The maximum Gasteiger partial charge on any atom is 0.224 e. The summed E-state index contributed by atoms with van der Waals surface area (Å²) in [7, 11) is 0. The van der Waals surface area contributed by atoms with Crippen molar-refractivity contribution in [3.05, 3.63) is 11.8 Å². The molecule has 6 heteroatoms. The van der Waals surface area contributed by atoms with Crippen LogP contribution in [0.5, 0.6) is 0 Å². The Morgan fingerprint density at radius 2 is 2.05 bits per heavy atom. The SMILES string of the molecule is CCNc1ncc(C)c(N2CCN(C(C)=O)CC2)n1. The zero-order valence-electron chi connectivity index (χ0n) is 11.8. The molecular formula is C13H21N5O. The molecule has 1 aliphatic rings. The lowest BCUT2D eigenvalue weighted by Gasteiger charge is -2.35. The van der Waals surface area contributed by atoms with E-state index < -0.39 is 0 Å². The molecule has 0 bridgehead atoms. The van der Waals surface area contributed by atoms with Crippen LogP contribution in [-0.2, 0) is 4.79 Å². The molecule has 1 N–H and O–H groups in total. The standard InChI is InChI=1S/C13H21N5O/c1-4-14-13-15-9-10(2)12(16-13)18-7-5-17(6-8-18)11(3)19/h9H,4-8H2,1-3H3,(H,14,15,16). The summed E-state index contributed by atoms with van der Waals surface area (Å²) in [4.78, 5) is 24.2. The Balaban J connectivity index is 2.10. The van der Waals surface area contributed by atoms with Crippen molar-refractivity contribution >= 4 is 17.7 Å². The fourth-order valence-electron chi connectivity index (χ4n) is 2.23. The molecule has 0 aliphatic carbocycles. The van der Waals surface area contributed by atoms with Crippen molar-refractivity contribution in [2.45, 2.75) is 20.8 Å². The Morgan fingerprint density at radius 3 is 2.63 bits per heavy atom. The number of anilines is 2. The van der Waals surface area contributed by atoms with Crippen molar-refractivity contribution in [1.82, 2.24) is 14.9 Å². The molecule has 1 fully saturated rings. The summed E-state index contributed by atoms with van der Waals surface area (Å²) in [6, 6.07) is 0. The highest BCUT2D eigenvalue weighted by Crippen LogP contribution is 2.19. The lowest BCUT2D eigenvalue weighted by atomic mass is 10.2. The first kappa shape index (κ1) is 13.6. The summed E-state index contributed by atoms with van der Waals surface area (Å²) in [6.07, 6.45) is 1.84. The van der Waals surface area contributed by atoms with Crippen LogP contribution in [0.3, 0.4) is 0 Å². The Kier molecular flexibility index (Phi) is 4.19. The molecule has 1 saturated heterocycles. The van der Waals surface area contributed by atoms with E-state index in [2.05, 4.69) is 20.2 Å². The Bertz CT molecular complexity index is 454.